The van der Waals surface area contributed by atoms with Crippen molar-refractivity contribution in [1.29, 1.82) is 0 Å². The normalized spacial score (nSPS) is 13.2. The Bertz CT molecular complexity index is 736. The van der Waals surface area contributed by atoms with Gasteiger partial charge in [0.2, 0.25) is 5.75 Å². The van der Waals surface area contributed by atoms with Gasteiger partial charge in [0.1, 0.15) is 13.2 Å². The van der Waals surface area contributed by atoms with E-state index in [-0.39, 0.29) is 0 Å². The molecule has 0 atom stereocenters. The molecule has 0 amide bonds. The van der Waals surface area contributed by atoms with Crippen molar-refractivity contribution in [3.8, 4) is 17.2 Å². The van der Waals surface area contributed by atoms with Crippen LogP contribution in [0.2, 0.25) is 10.0 Å². The Morgan fingerprint density at radius 1 is 1.26 bits per heavy atom. The molecule has 1 aromatic heterocycles. The molecular weight excluding hydrogens is 341 g/mol. The predicted molar refractivity (Wildman–Crippen MR) is 89.5 cm³/mol. The molecule has 3 rings (SSSR count). The topological polar surface area (TPSA) is 65.0 Å². The van der Waals surface area contributed by atoms with Gasteiger partial charge in [0.15, 0.2) is 17.3 Å². The molecule has 0 radical (unpaired) electrons. The van der Waals surface area contributed by atoms with Crippen LogP contribution in [0.4, 0.5) is 5.82 Å². The molecule has 1 N–H and O–H groups in total. The summed E-state index contributed by atoms with van der Waals surface area (Å²) < 4.78 is 16.4. The molecule has 0 unspecified atom stereocenters. The number of hydrazone groups is 1. The lowest BCUT2D eigenvalue weighted by Crippen LogP contribution is -2.16. The number of hydrogen-bond donors (Lipinski definition) is 1. The van der Waals surface area contributed by atoms with Crippen molar-refractivity contribution < 1.29 is 14.2 Å². The molecule has 1 aromatic carbocycles. The molecule has 0 spiro atoms. The van der Waals surface area contributed by atoms with Gasteiger partial charge in [-0.15, -0.1) is 0 Å². The number of fused-ring (bicyclic) bond motifs is 1. The molecule has 2 aromatic rings. The van der Waals surface area contributed by atoms with E-state index in [2.05, 4.69) is 15.5 Å². The lowest BCUT2D eigenvalue weighted by molar-refractivity contribution is 0.165. The van der Waals surface area contributed by atoms with E-state index < -0.39 is 0 Å². The highest BCUT2D eigenvalue weighted by molar-refractivity contribution is 6.35. The van der Waals surface area contributed by atoms with Gasteiger partial charge in [0, 0.05) is 11.8 Å². The molecule has 23 heavy (non-hydrogen) atoms. The van der Waals surface area contributed by atoms with E-state index in [1.807, 2.05) is 6.07 Å². The molecular formula is C15H13Cl2N3O3. The number of nitrogens with zero attached hydrogens (tertiary/aromatic N) is 2. The van der Waals surface area contributed by atoms with Gasteiger partial charge in [0.25, 0.3) is 0 Å². The first kappa shape index (κ1) is 15.7. The summed E-state index contributed by atoms with van der Waals surface area (Å²) in [6.07, 6.45) is 3.09. The van der Waals surface area contributed by atoms with Crippen molar-refractivity contribution in [2.24, 2.45) is 5.10 Å². The van der Waals surface area contributed by atoms with Crippen LogP contribution in [-0.4, -0.2) is 31.5 Å². The lowest BCUT2D eigenvalue weighted by atomic mass is 10.2. The fraction of sp³-hybridized carbons (Fsp3) is 0.200. The molecule has 120 valence electrons. The molecule has 0 bridgehead atoms. The number of nitrogens with one attached hydrogen (secondary N) is 1. The van der Waals surface area contributed by atoms with Crippen molar-refractivity contribution in [3.63, 3.8) is 0 Å². The summed E-state index contributed by atoms with van der Waals surface area (Å²) in [6.45, 7) is 0.998. The molecule has 0 saturated heterocycles. The van der Waals surface area contributed by atoms with Gasteiger partial charge >= 0.3 is 0 Å². The standard InChI is InChI=1S/C15H13Cl2N3O3/c1-21-12-4-9(5-13-14(12)23-3-2-22-13)7-19-20-15-11(17)6-10(16)8-18-15/h4-8H,2-3H2,1H3,(H,18,20)/b19-7-. The summed E-state index contributed by atoms with van der Waals surface area (Å²) in [5.74, 6) is 2.23. The van der Waals surface area contributed by atoms with Crippen molar-refractivity contribution >= 4 is 35.2 Å². The zero-order chi connectivity index (χ0) is 16.2. The van der Waals surface area contributed by atoms with E-state index in [0.717, 1.165) is 5.56 Å². The van der Waals surface area contributed by atoms with Gasteiger partial charge in [-0.05, 0) is 18.2 Å². The Morgan fingerprint density at radius 2 is 2.09 bits per heavy atom. The highest BCUT2D eigenvalue weighted by atomic mass is 35.5. The van der Waals surface area contributed by atoms with Crippen LogP contribution in [0.1, 0.15) is 5.56 Å². The maximum Gasteiger partial charge on any atom is 0.203 e. The van der Waals surface area contributed by atoms with Gasteiger partial charge in [-0.25, -0.2) is 4.98 Å². The Hall–Kier alpha value is -2.18. The second-order valence-corrected chi connectivity index (χ2v) is 5.44. The summed E-state index contributed by atoms with van der Waals surface area (Å²) >= 11 is 11.8. The average Bonchev–Trinajstić information content (AvgIpc) is 2.56. The van der Waals surface area contributed by atoms with Gasteiger partial charge in [0.05, 0.1) is 23.4 Å². The van der Waals surface area contributed by atoms with E-state index >= 15 is 0 Å². The van der Waals surface area contributed by atoms with Crippen LogP contribution in [0.5, 0.6) is 17.2 Å². The average molecular weight is 354 g/mol. The van der Waals surface area contributed by atoms with Crippen LogP contribution < -0.4 is 19.6 Å². The first-order chi connectivity index (χ1) is 11.2. The van der Waals surface area contributed by atoms with Crippen molar-refractivity contribution in [2.75, 3.05) is 25.7 Å². The molecule has 0 saturated carbocycles. The zero-order valence-electron chi connectivity index (χ0n) is 12.2. The van der Waals surface area contributed by atoms with E-state index in [1.165, 1.54) is 6.20 Å². The largest absolute Gasteiger partial charge is 0.493 e. The zero-order valence-corrected chi connectivity index (χ0v) is 13.7. The summed E-state index contributed by atoms with van der Waals surface area (Å²) in [5.41, 5.74) is 3.54. The van der Waals surface area contributed by atoms with E-state index in [4.69, 9.17) is 37.4 Å². The Kier molecular flexibility index (Phi) is 4.73. The SMILES string of the molecule is COc1cc(/C=N\Nc2ncc(Cl)cc2Cl)cc2c1OCCO2. The Labute approximate surface area is 143 Å². The third kappa shape index (κ3) is 3.60. The lowest BCUT2D eigenvalue weighted by Gasteiger charge is -2.20. The van der Waals surface area contributed by atoms with Crippen LogP contribution in [0.3, 0.4) is 0 Å². The van der Waals surface area contributed by atoms with Crippen molar-refractivity contribution in [3.05, 3.63) is 40.0 Å². The predicted octanol–water partition coefficient (Wildman–Crippen LogP) is 3.61. The fourth-order valence-corrected chi connectivity index (χ4v) is 2.46. The monoisotopic (exact) mass is 353 g/mol. The van der Waals surface area contributed by atoms with E-state index in [9.17, 15) is 0 Å². The number of anilines is 1. The summed E-state index contributed by atoms with van der Waals surface area (Å²) in [7, 11) is 1.57. The van der Waals surface area contributed by atoms with Gasteiger partial charge in [-0.1, -0.05) is 23.2 Å². The van der Waals surface area contributed by atoms with Crippen molar-refractivity contribution in [2.45, 2.75) is 0 Å². The molecule has 1 aliphatic rings. The molecule has 6 nitrogen and oxygen atoms in total. The van der Waals surface area contributed by atoms with Crippen LogP contribution in [0.15, 0.2) is 29.5 Å². The first-order valence-corrected chi connectivity index (χ1v) is 7.50. The highest BCUT2D eigenvalue weighted by Crippen LogP contribution is 2.40. The number of methoxy groups -OCH3 is 1. The summed E-state index contributed by atoms with van der Waals surface area (Å²) in [5, 5.41) is 4.95. The molecule has 0 aliphatic carbocycles. The number of benzene rings is 1. The summed E-state index contributed by atoms with van der Waals surface area (Å²) in [4.78, 5) is 4.05. The number of halogens is 2. The van der Waals surface area contributed by atoms with Gasteiger partial charge < -0.3 is 14.2 Å². The Balaban J connectivity index is 1.79. The van der Waals surface area contributed by atoms with Crippen LogP contribution >= 0.6 is 23.2 Å². The third-order valence-electron chi connectivity index (χ3n) is 3.04. The first-order valence-electron chi connectivity index (χ1n) is 6.75. The van der Waals surface area contributed by atoms with Crippen LogP contribution in [0.25, 0.3) is 0 Å². The third-order valence-corrected chi connectivity index (χ3v) is 3.54. The fourth-order valence-electron chi connectivity index (χ4n) is 2.03. The Morgan fingerprint density at radius 3 is 2.87 bits per heavy atom. The quantitative estimate of drug-likeness (QED) is 0.671. The molecule has 8 heteroatoms. The van der Waals surface area contributed by atoms with Crippen LogP contribution in [-0.2, 0) is 0 Å². The summed E-state index contributed by atoms with van der Waals surface area (Å²) in [6, 6.07) is 5.20. The van der Waals surface area contributed by atoms with Gasteiger partial charge in [-0.2, -0.15) is 5.10 Å². The van der Waals surface area contributed by atoms with Gasteiger partial charge in [-0.3, -0.25) is 5.43 Å². The maximum atomic E-state index is 6.01. The molecule has 1 aliphatic heterocycles. The number of ether oxygens (including phenoxy) is 3. The van der Waals surface area contributed by atoms with Crippen molar-refractivity contribution in [1.82, 2.24) is 4.98 Å². The van der Waals surface area contributed by atoms with E-state index in [0.29, 0.717) is 46.3 Å². The second kappa shape index (κ2) is 6.93. The number of hydrogen-bond acceptors (Lipinski definition) is 6. The highest BCUT2D eigenvalue weighted by Gasteiger charge is 2.17. The minimum Gasteiger partial charge on any atom is -0.493 e. The minimum absolute atomic E-state index is 0.384. The van der Waals surface area contributed by atoms with Crippen LogP contribution in [0, 0.1) is 0 Å². The maximum absolute atomic E-state index is 6.01. The number of pyridine rings is 1. The van der Waals surface area contributed by atoms with E-state index in [1.54, 1.807) is 25.5 Å². The number of rotatable bonds is 4. The second-order valence-electron chi connectivity index (χ2n) is 4.60. The number of aromatic nitrogens is 1. The minimum atomic E-state index is 0.384. The molecule has 0 fully saturated rings. The molecule has 2 heterocycles. The smallest absolute Gasteiger partial charge is 0.203 e.